The first-order valence-electron chi connectivity index (χ1n) is 23.3. The number of benzene rings is 1. The van der Waals surface area contributed by atoms with Crippen LogP contribution in [-0.2, 0) is 49.7 Å². The van der Waals surface area contributed by atoms with Crippen molar-refractivity contribution in [3.8, 4) is 0 Å². The summed E-state index contributed by atoms with van der Waals surface area (Å²) in [4.78, 5) is 143. The largest absolute Gasteiger partial charge is 0.480 e. The molecule has 2 aromatic heterocycles. The van der Waals surface area contributed by atoms with E-state index in [4.69, 9.17) is 17.2 Å². The number of rotatable bonds is 30. The molecule has 0 radical (unpaired) electrons. The molecule has 0 bridgehead atoms. The van der Waals surface area contributed by atoms with Crippen LogP contribution in [0.25, 0.3) is 11.2 Å². The van der Waals surface area contributed by atoms with Crippen LogP contribution in [0, 0.1) is 0 Å². The topological polar surface area (TPSA) is 466 Å². The molecule has 31 nitrogen and oxygen atoms in total. The van der Waals surface area contributed by atoms with Crippen molar-refractivity contribution in [2.24, 2.45) is 5.73 Å². The van der Waals surface area contributed by atoms with Crippen molar-refractivity contribution < 1.29 is 68.7 Å². The van der Waals surface area contributed by atoms with Crippen LogP contribution in [0.15, 0.2) is 30.5 Å². The number of nitrogen functional groups attached to an aromatic ring is 2. The van der Waals surface area contributed by atoms with Gasteiger partial charge in [0.05, 0.1) is 37.6 Å². The average molecular weight is 1060 g/mol. The van der Waals surface area contributed by atoms with Crippen molar-refractivity contribution in [1.29, 1.82) is 0 Å². The van der Waals surface area contributed by atoms with Crippen LogP contribution < -0.4 is 54.0 Å². The maximum atomic E-state index is 13.6. The Hall–Kier alpha value is -8.42. The Morgan fingerprint density at radius 3 is 1.80 bits per heavy atom. The predicted molar refractivity (Wildman–Crippen MR) is 262 cm³/mol. The number of hydrogen-bond acceptors (Lipinski definition) is 21. The zero-order valence-electron chi connectivity index (χ0n) is 41.8. The normalized spacial score (nSPS) is 12.4. The Morgan fingerprint density at radius 2 is 1.20 bits per heavy atom. The smallest absolute Gasteiger partial charge is 0.326 e. The summed E-state index contributed by atoms with van der Waals surface area (Å²) in [5, 5.41) is 54.8. The number of nitrogens with two attached hydrogens (primary N) is 3. The number of nitrogens with zero attached hydrogens (tertiary/aromatic N) is 8. The lowest BCUT2D eigenvalue weighted by molar-refractivity contribution is -0.163. The Labute approximate surface area is 429 Å². The lowest BCUT2D eigenvalue weighted by Gasteiger charge is -2.25. The Kier molecular flexibility index (Phi) is 24.3. The van der Waals surface area contributed by atoms with Crippen LogP contribution in [0.3, 0.4) is 0 Å². The van der Waals surface area contributed by atoms with Crippen LogP contribution >= 0.6 is 0 Å². The lowest BCUT2D eigenvalue weighted by atomic mass is 10.1. The third-order valence-corrected chi connectivity index (χ3v) is 11.0. The molecule has 16 N–H and O–H groups in total. The summed E-state index contributed by atoms with van der Waals surface area (Å²) in [6, 6.07) is 0.662. The summed E-state index contributed by atoms with van der Waals surface area (Å²) < 4.78 is 0. The first-order valence-corrected chi connectivity index (χ1v) is 23.3. The van der Waals surface area contributed by atoms with E-state index in [9.17, 15) is 68.7 Å². The highest BCUT2D eigenvalue weighted by Crippen LogP contribution is 2.19. The molecule has 0 saturated heterocycles. The van der Waals surface area contributed by atoms with Gasteiger partial charge in [-0.05, 0) is 62.8 Å². The van der Waals surface area contributed by atoms with Crippen molar-refractivity contribution in [3.63, 3.8) is 0 Å². The van der Waals surface area contributed by atoms with Gasteiger partial charge < -0.3 is 59.1 Å². The minimum Gasteiger partial charge on any atom is -0.480 e. The minimum absolute atomic E-state index is 0.0328. The summed E-state index contributed by atoms with van der Waals surface area (Å²) in [6.45, 7) is 1.78. The number of anilines is 3. The monoisotopic (exact) mass is 1060 g/mol. The molecule has 9 amide bonds. The molecule has 3 aromatic rings. The van der Waals surface area contributed by atoms with E-state index in [1.165, 1.54) is 18.3 Å². The predicted octanol–water partition coefficient (Wildman–Crippen LogP) is -3.51. The number of aliphatic carboxylic acids is 1. The molecule has 3 rings (SSSR count). The molecule has 3 unspecified atom stereocenters. The lowest BCUT2D eigenvalue weighted by Crippen LogP contribution is -2.57. The first-order chi connectivity index (χ1) is 35.4. The van der Waals surface area contributed by atoms with E-state index < -0.39 is 96.4 Å². The molecule has 0 spiro atoms. The molecule has 4 atom stereocenters. The van der Waals surface area contributed by atoms with Gasteiger partial charge in [-0.25, -0.2) is 30.0 Å². The fourth-order valence-corrected chi connectivity index (χ4v) is 6.73. The van der Waals surface area contributed by atoms with Crippen molar-refractivity contribution in [2.45, 2.75) is 96.4 Å². The number of carbonyl (C=O) groups excluding carboxylic acids is 9. The van der Waals surface area contributed by atoms with Crippen molar-refractivity contribution in [1.82, 2.24) is 67.0 Å². The maximum Gasteiger partial charge on any atom is 0.326 e. The van der Waals surface area contributed by atoms with E-state index >= 15 is 0 Å². The van der Waals surface area contributed by atoms with Gasteiger partial charge in [-0.1, -0.05) is 0 Å². The van der Waals surface area contributed by atoms with Crippen LogP contribution in [0.4, 0.5) is 17.5 Å². The zero-order chi connectivity index (χ0) is 55.9. The van der Waals surface area contributed by atoms with Gasteiger partial charge in [0.1, 0.15) is 18.1 Å². The fourth-order valence-electron chi connectivity index (χ4n) is 6.73. The summed E-state index contributed by atoms with van der Waals surface area (Å²) in [6.07, 6.45) is 0.329. The van der Waals surface area contributed by atoms with Gasteiger partial charge in [-0.3, -0.25) is 58.8 Å². The quantitative estimate of drug-likeness (QED) is 0.0175. The number of carboxylic acids is 1. The molecule has 1 aromatic carbocycles. The van der Waals surface area contributed by atoms with E-state index in [1.54, 1.807) is 19.2 Å². The van der Waals surface area contributed by atoms with Crippen molar-refractivity contribution >= 4 is 87.8 Å². The molecule has 0 aliphatic carbocycles. The van der Waals surface area contributed by atoms with Crippen LogP contribution in [0.2, 0.25) is 0 Å². The third-order valence-electron chi connectivity index (χ3n) is 11.0. The highest BCUT2D eigenvalue weighted by atomic mass is 16.5. The Balaban J connectivity index is 1.50. The average Bonchev–Trinajstić information content (AvgIpc) is 3.36. The summed E-state index contributed by atoms with van der Waals surface area (Å²) in [7, 11) is 1.77. The second-order valence-electron chi connectivity index (χ2n) is 17.0. The van der Waals surface area contributed by atoms with Gasteiger partial charge in [0, 0.05) is 71.7 Å². The van der Waals surface area contributed by atoms with Crippen molar-refractivity contribution in [2.75, 3.05) is 62.7 Å². The van der Waals surface area contributed by atoms with E-state index in [0.717, 1.165) is 20.8 Å². The standard InChI is InChI=1S/C44H65N17O14/c1-24(62)59(73)18-5-7-30(45)40(68)53-32(15-20-61(75)26(3)64)42(70)54-31(8-6-19-60(74)25(2)63)41(69)51-22-35(66)49-17-16-48-34(65)14-13-33(43(71)72)55-39(67)27-9-11-29(12-10-27)58(4)23-28-21-50-38-36(52-28)37(46)56-44(47)57-38/h9-12,21,30-33,73-75H,5-8,13-20,22-23,45H2,1-4H3,(H,48,65)(H,49,66)(H,51,69)(H,53,68)(H,54,70)(H,55,67)(H,71,72)(H4,46,47,50,56,57)/t30?,31?,32?,33-/m1/s1. The summed E-state index contributed by atoms with van der Waals surface area (Å²) in [5.41, 5.74) is 19.4. The van der Waals surface area contributed by atoms with Gasteiger partial charge in [0.15, 0.2) is 17.0 Å². The molecule has 0 fully saturated rings. The molecule has 75 heavy (non-hydrogen) atoms. The molecule has 31 heteroatoms. The van der Waals surface area contributed by atoms with Gasteiger partial charge in [0.2, 0.25) is 53.2 Å². The van der Waals surface area contributed by atoms with Crippen LogP contribution in [0.5, 0.6) is 0 Å². The number of fused-ring (bicyclic) bond motifs is 1. The second-order valence-corrected chi connectivity index (χ2v) is 17.0. The number of nitrogens with one attached hydrogen (secondary N) is 6. The highest BCUT2D eigenvalue weighted by molar-refractivity contribution is 5.97. The molecule has 410 valence electrons. The number of hydroxylamine groups is 6. The van der Waals surface area contributed by atoms with E-state index in [0.29, 0.717) is 21.5 Å². The van der Waals surface area contributed by atoms with E-state index in [2.05, 4.69) is 51.8 Å². The molecule has 2 heterocycles. The Morgan fingerprint density at radius 1 is 0.640 bits per heavy atom. The molecule has 0 aliphatic heterocycles. The van der Waals surface area contributed by atoms with Crippen molar-refractivity contribution in [3.05, 3.63) is 41.7 Å². The Bertz CT molecular complexity index is 2520. The van der Waals surface area contributed by atoms with Gasteiger partial charge in [-0.2, -0.15) is 9.97 Å². The third kappa shape index (κ3) is 20.9. The minimum atomic E-state index is -1.50. The number of carbonyl (C=O) groups is 10. The number of amides is 9. The maximum absolute atomic E-state index is 13.6. The van der Waals surface area contributed by atoms with Crippen LogP contribution in [-0.4, -0.2) is 185 Å². The second kappa shape index (κ2) is 29.9. The first kappa shape index (κ1) is 60.9. The van der Waals surface area contributed by atoms with Gasteiger partial charge in [-0.15, -0.1) is 0 Å². The van der Waals surface area contributed by atoms with E-state index in [1.807, 2.05) is 4.90 Å². The number of carboxylic acid groups (broad SMARTS) is 1. The summed E-state index contributed by atoms with van der Waals surface area (Å²) >= 11 is 0. The number of aromatic nitrogens is 4. The molecular formula is C44H65N17O14. The molecule has 0 saturated carbocycles. The van der Waals surface area contributed by atoms with Crippen LogP contribution in [0.1, 0.15) is 81.8 Å². The fraction of sp³-hybridized carbons (Fsp3) is 0.500. The van der Waals surface area contributed by atoms with E-state index in [-0.39, 0.29) is 111 Å². The molecule has 0 aliphatic rings. The summed E-state index contributed by atoms with van der Waals surface area (Å²) in [5.74, 6) is -8.25. The molecular weight excluding hydrogens is 991 g/mol. The zero-order valence-corrected chi connectivity index (χ0v) is 41.8. The van der Waals surface area contributed by atoms with Gasteiger partial charge >= 0.3 is 5.97 Å². The highest BCUT2D eigenvalue weighted by Gasteiger charge is 2.30. The number of hydrogen-bond donors (Lipinski definition) is 13. The van der Waals surface area contributed by atoms with Gasteiger partial charge in [0.25, 0.3) is 5.91 Å². The SMILES string of the molecule is CC(=O)N(O)CCCC(N)C(=O)NC(CCN(O)C(C)=O)C(=O)NC(CCCN(O)C(C)=O)C(=O)NCC(=O)NCCNC(=O)CC[C@@H](NC(=O)c1ccc(N(C)Cc2cnc3nc(N)nc(N)c3n2)cc1)C(=O)O.